The minimum absolute atomic E-state index is 0.171. The van der Waals surface area contributed by atoms with E-state index in [0.29, 0.717) is 22.0 Å². The summed E-state index contributed by atoms with van der Waals surface area (Å²) in [7, 11) is 3.23. The number of methoxy groups -OCH3 is 2. The second-order valence-electron chi connectivity index (χ2n) is 4.64. The zero-order valence-electron chi connectivity index (χ0n) is 11.9. The zero-order chi connectivity index (χ0) is 15.7. The van der Waals surface area contributed by atoms with Gasteiger partial charge in [-0.2, -0.15) is 0 Å². The van der Waals surface area contributed by atoms with Gasteiger partial charge in [-0.15, -0.1) is 0 Å². The molecular formula is C16H12Cl2N2O2. The fraction of sp³-hybridized carbons (Fsp3) is 0.125. The van der Waals surface area contributed by atoms with Gasteiger partial charge >= 0.3 is 0 Å². The molecule has 0 aliphatic carbocycles. The molecule has 4 nitrogen and oxygen atoms in total. The lowest BCUT2D eigenvalue weighted by Crippen LogP contribution is -1.90. The van der Waals surface area contributed by atoms with Crippen LogP contribution in [0.3, 0.4) is 0 Å². The highest BCUT2D eigenvalue weighted by atomic mass is 35.5. The highest BCUT2D eigenvalue weighted by Gasteiger charge is 2.09. The van der Waals surface area contributed by atoms with Crippen molar-refractivity contribution in [2.24, 2.45) is 0 Å². The summed E-state index contributed by atoms with van der Waals surface area (Å²) in [6, 6.07) is 9.43. The number of fused-ring (bicyclic) bond motifs is 1. The first kappa shape index (κ1) is 14.9. The summed E-state index contributed by atoms with van der Waals surface area (Å²) in [4.78, 5) is 8.15. The van der Waals surface area contributed by atoms with Crippen LogP contribution in [0.15, 0.2) is 36.5 Å². The molecule has 0 aliphatic rings. The minimum Gasteiger partial charge on any atom is -0.497 e. The summed E-state index contributed by atoms with van der Waals surface area (Å²) >= 11 is 12.1. The molecule has 0 bridgehead atoms. The Morgan fingerprint density at radius 2 is 1.50 bits per heavy atom. The van der Waals surface area contributed by atoms with E-state index < -0.39 is 0 Å². The number of hydrogen-bond donors (Lipinski definition) is 0. The molecule has 3 aromatic rings. The first-order valence-electron chi connectivity index (χ1n) is 6.46. The molecule has 1 aromatic heterocycles. The van der Waals surface area contributed by atoms with E-state index in [1.807, 2.05) is 30.3 Å². The summed E-state index contributed by atoms with van der Waals surface area (Å²) in [6.07, 6.45) is 1.65. The van der Waals surface area contributed by atoms with Gasteiger partial charge in [0, 0.05) is 17.6 Å². The predicted octanol–water partition coefficient (Wildman–Crippen LogP) is 4.62. The highest BCUT2D eigenvalue weighted by molar-refractivity contribution is 6.36. The van der Waals surface area contributed by atoms with E-state index in [-0.39, 0.29) is 5.28 Å². The van der Waals surface area contributed by atoms with Crippen LogP contribution < -0.4 is 9.47 Å². The number of benzene rings is 2. The van der Waals surface area contributed by atoms with Crippen molar-refractivity contribution in [3.05, 3.63) is 46.8 Å². The van der Waals surface area contributed by atoms with Crippen molar-refractivity contribution in [1.82, 2.24) is 9.97 Å². The molecule has 0 amide bonds. The molecule has 0 atom stereocenters. The number of rotatable bonds is 3. The number of halogens is 2. The monoisotopic (exact) mass is 334 g/mol. The molecule has 0 spiro atoms. The van der Waals surface area contributed by atoms with E-state index >= 15 is 0 Å². The largest absolute Gasteiger partial charge is 0.497 e. The molecule has 0 radical (unpaired) electrons. The first-order chi connectivity index (χ1) is 10.6. The number of ether oxygens (including phenoxy) is 2. The lowest BCUT2D eigenvalue weighted by Gasteiger charge is -2.10. The van der Waals surface area contributed by atoms with Crippen molar-refractivity contribution in [3.8, 4) is 22.6 Å². The summed E-state index contributed by atoms with van der Waals surface area (Å²) in [5.74, 6) is 1.41. The molecule has 22 heavy (non-hydrogen) atoms. The van der Waals surface area contributed by atoms with Gasteiger partial charge in [0.25, 0.3) is 0 Å². The van der Waals surface area contributed by atoms with E-state index in [4.69, 9.17) is 32.7 Å². The Morgan fingerprint density at radius 3 is 2.14 bits per heavy atom. The number of nitrogens with zero attached hydrogens (tertiary/aromatic N) is 2. The second kappa shape index (κ2) is 5.99. The van der Waals surface area contributed by atoms with E-state index in [1.54, 1.807) is 20.4 Å². The van der Waals surface area contributed by atoms with Crippen LogP contribution in [0.2, 0.25) is 10.3 Å². The van der Waals surface area contributed by atoms with Gasteiger partial charge in [-0.3, -0.25) is 0 Å². The Bertz CT molecular complexity index is 831. The number of aromatic nitrogens is 2. The lowest BCUT2D eigenvalue weighted by molar-refractivity contribution is 0.394. The summed E-state index contributed by atoms with van der Waals surface area (Å²) < 4.78 is 10.6. The Morgan fingerprint density at radius 1 is 0.864 bits per heavy atom. The fourth-order valence-electron chi connectivity index (χ4n) is 2.22. The standard InChI is InChI=1S/C16H12Cl2N2O2/c1-21-12-4-10(5-13(7-12)22-2)9-3-11-8-19-16(18)20-15(11)14(17)6-9/h3-8H,1-2H3. The molecule has 112 valence electrons. The summed E-state index contributed by atoms with van der Waals surface area (Å²) in [5, 5.41) is 1.50. The zero-order valence-corrected chi connectivity index (χ0v) is 13.4. The van der Waals surface area contributed by atoms with Crippen molar-refractivity contribution < 1.29 is 9.47 Å². The van der Waals surface area contributed by atoms with Gasteiger partial charge in [-0.05, 0) is 47.0 Å². The van der Waals surface area contributed by atoms with Crippen molar-refractivity contribution in [2.75, 3.05) is 14.2 Å². The lowest BCUT2D eigenvalue weighted by atomic mass is 10.0. The van der Waals surface area contributed by atoms with Crippen LogP contribution in [0.5, 0.6) is 11.5 Å². The minimum atomic E-state index is 0.171. The quantitative estimate of drug-likeness (QED) is 0.655. The molecular weight excluding hydrogens is 323 g/mol. The molecule has 3 rings (SSSR count). The van der Waals surface area contributed by atoms with E-state index in [2.05, 4.69) is 9.97 Å². The van der Waals surface area contributed by atoms with E-state index in [0.717, 1.165) is 16.5 Å². The van der Waals surface area contributed by atoms with Crippen LogP contribution in [-0.4, -0.2) is 24.2 Å². The Balaban J connectivity index is 2.20. The van der Waals surface area contributed by atoms with Crippen LogP contribution >= 0.6 is 23.2 Å². The van der Waals surface area contributed by atoms with Crippen LogP contribution in [-0.2, 0) is 0 Å². The first-order valence-corrected chi connectivity index (χ1v) is 7.21. The third kappa shape index (κ3) is 2.80. The van der Waals surface area contributed by atoms with Gasteiger partial charge in [0.2, 0.25) is 5.28 Å². The van der Waals surface area contributed by atoms with Crippen molar-refractivity contribution in [3.63, 3.8) is 0 Å². The smallest absolute Gasteiger partial charge is 0.222 e. The van der Waals surface area contributed by atoms with Gasteiger partial charge in [-0.1, -0.05) is 11.6 Å². The molecule has 1 heterocycles. The SMILES string of the molecule is COc1cc(OC)cc(-c2cc(Cl)c3nc(Cl)ncc3c2)c1. The van der Waals surface area contributed by atoms with Crippen LogP contribution in [0, 0.1) is 0 Å². The molecule has 0 unspecified atom stereocenters. The highest BCUT2D eigenvalue weighted by Crippen LogP contribution is 2.34. The predicted molar refractivity (Wildman–Crippen MR) is 88.1 cm³/mol. The molecule has 6 heteroatoms. The van der Waals surface area contributed by atoms with Gasteiger partial charge < -0.3 is 9.47 Å². The maximum atomic E-state index is 6.32. The molecule has 0 N–H and O–H groups in total. The summed E-state index contributed by atoms with van der Waals surface area (Å²) in [6.45, 7) is 0. The molecule has 0 saturated heterocycles. The topological polar surface area (TPSA) is 44.2 Å². The molecule has 0 fully saturated rings. The Kier molecular flexibility index (Phi) is 4.05. The maximum Gasteiger partial charge on any atom is 0.222 e. The molecule has 0 saturated carbocycles. The Labute approximate surface area is 137 Å². The fourth-order valence-corrected chi connectivity index (χ4v) is 2.62. The van der Waals surface area contributed by atoms with Gasteiger partial charge in [0.05, 0.1) is 24.8 Å². The van der Waals surface area contributed by atoms with Crippen molar-refractivity contribution >= 4 is 34.1 Å². The Hall–Kier alpha value is -2.04. The molecule has 0 aliphatic heterocycles. The third-order valence-corrected chi connectivity index (χ3v) is 3.76. The van der Waals surface area contributed by atoms with Gasteiger partial charge in [0.1, 0.15) is 11.5 Å². The van der Waals surface area contributed by atoms with Crippen LogP contribution in [0.1, 0.15) is 0 Å². The van der Waals surface area contributed by atoms with Crippen molar-refractivity contribution in [1.29, 1.82) is 0 Å². The van der Waals surface area contributed by atoms with Crippen LogP contribution in [0.25, 0.3) is 22.0 Å². The average molecular weight is 335 g/mol. The normalized spacial score (nSPS) is 10.7. The average Bonchev–Trinajstić information content (AvgIpc) is 2.54. The summed E-state index contributed by atoms with van der Waals surface area (Å²) in [5.41, 5.74) is 2.47. The van der Waals surface area contributed by atoms with Crippen molar-refractivity contribution in [2.45, 2.75) is 0 Å². The van der Waals surface area contributed by atoms with E-state index in [1.165, 1.54) is 0 Å². The maximum absolute atomic E-state index is 6.32. The van der Waals surface area contributed by atoms with E-state index in [9.17, 15) is 0 Å². The number of hydrogen-bond acceptors (Lipinski definition) is 4. The second-order valence-corrected chi connectivity index (χ2v) is 5.38. The third-order valence-electron chi connectivity index (χ3n) is 3.29. The molecule has 2 aromatic carbocycles. The van der Waals surface area contributed by atoms with Gasteiger partial charge in [-0.25, -0.2) is 9.97 Å². The van der Waals surface area contributed by atoms with Crippen LogP contribution in [0.4, 0.5) is 0 Å². The van der Waals surface area contributed by atoms with Gasteiger partial charge in [0.15, 0.2) is 0 Å².